The molecule has 2 heterocycles. The van der Waals surface area contributed by atoms with Gasteiger partial charge in [0.1, 0.15) is 5.75 Å². The van der Waals surface area contributed by atoms with Gasteiger partial charge < -0.3 is 10.1 Å². The number of nitrogens with zero attached hydrogens (tertiary/aromatic N) is 3. The van der Waals surface area contributed by atoms with E-state index in [0.717, 1.165) is 30.9 Å². The Morgan fingerprint density at radius 2 is 2.12 bits per heavy atom. The maximum absolute atomic E-state index is 5.39. The summed E-state index contributed by atoms with van der Waals surface area (Å²) < 4.78 is 7.41. The molecule has 1 fully saturated rings. The summed E-state index contributed by atoms with van der Waals surface area (Å²) in [6.45, 7) is 3.02. The van der Waals surface area contributed by atoms with Gasteiger partial charge in [-0.05, 0) is 44.5 Å². The smallest absolute Gasteiger partial charge is 0.126 e. The van der Waals surface area contributed by atoms with E-state index in [-0.39, 0.29) is 0 Å². The van der Waals surface area contributed by atoms with Gasteiger partial charge in [-0.15, -0.1) is 0 Å². The Kier molecular flexibility index (Phi) is 6.47. The predicted octanol–water partition coefficient (Wildman–Crippen LogP) is 3.11. The first-order valence-corrected chi connectivity index (χ1v) is 9.39. The van der Waals surface area contributed by atoms with Crippen molar-refractivity contribution in [2.75, 3.05) is 33.8 Å². The quantitative estimate of drug-likeness (QED) is 0.776. The monoisotopic (exact) mass is 354 g/mol. The lowest BCUT2D eigenvalue weighted by molar-refractivity contribution is 0.113. The standard InChI is InChI=1S/C21H30N4O/c1-24-15-7-10-18(21(24)19-12-14-23-25(19)2)16-22-13-6-9-17-8-4-5-11-20(17)26-3/h4-6,8-9,11-12,14,18,21-22H,7,10,13,15-16H2,1-3H3/b9-6+/t18-,21+/m0/s1. The van der Waals surface area contributed by atoms with Crippen LogP contribution >= 0.6 is 0 Å². The highest BCUT2D eigenvalue weighted by Gasteiger charge is 2.31. The minimum absolute atomic E-state index is 0.432. The molecule has 140 valence electrons. The van der Waals surface area contributed by atoms with E-state index < -0.39 is 0 Å². The number of nitrogens with one attached hydrogen (secondary N) is 1. The Bertz CT molecular complexity index is 724. The number of aromatic nitrogens is 2. The van der Waals surface area contributed by atoms with Crippen LogP contribution in [0.15, 0.2) is 42.6 Å². The highest BCUT2D eigenvalue weighted by Crippen LogP contribution is 2.34. The van der Waals surface area contributed by atoms with Crippen LogP contribution in [-0.4, -0.2) is 48.5 Å². The number of methoxy groups -OCH3 is 1. The number of para-hydroxylation sites is 1. The first-order chi connectivity index (χ1) is 12.7. The summed E-state index contributed by atoms with van der Waals surface area (Å²) >= 11 is 0. The molecule has 0 amide bonds. The summed E-state index contributed by atoms with van der Waals surface area (Å²) in [5.41, 5.74) is 2.42. The van der Waals surface area contributed by atoms with E-state index in [1.54, 1.807) is 7.11 Å². The second-order valence-corrected chi connectivity index (χ2v) is 7.01. The predicted molar refractivity (Wildman–Crippen MR) is 106 cm³/mol. The van der Waals surface area contributed by atoms with Gasteiger partial charge in [-0.3, -0.25) is 9.58 Å². The van der Waals surface area contributed by atoms with E-state index in [9.17, 15) is 0 Å². The molecule has 0 spiro atoms. The van der Waals surface area contributed by atoms with Crippen molar-refractivity contribution in [2.45, 2.75) is 18.9 Å². The summed E-state index contributed by atoms with van der Waals surface area (Å²) in [7, 11) is 5.98. The number of piperidine rings is 1. The van der Waals surface area contributed by atoms with Crippen molar-refractivity contribution >= 4 is 6.08 Å². The van der Waals surface area contributed by atoms with Crippen molar-refractivity contribution in [3.05, 3.63) is 53.9 Å². The van der Waals surface area contributed by atoms with Gasteiger partial charge in [-0.2, -0.15) is 5.10 Å². The summed E-state index contributed by atoms with van der Waals surface area (Å²) in [4.78, 5) is 2.47. The largest absolute Gasteiger partial charge is 0.496 e. The van der Waals surface area contributed by atoms with Crippen LogP contribution in [0.1, 0.15) is 30.1 Å². The summed E-state index contributed by atoms with van der Waals surface area (Å²) in [6.07, 6.45) is 8.71. The number of benzene rings is 1. The average molecular weight is 354 g/mol. The van der Waals surface area contributed by atoms with Crippen molar-refractivity contribution in [2.24, 2.45) is 13.0 Å². The van der Waals surface area contributed by atoms with E-state index in [1.807, 2.05) is 36.1 Å². The number of rotatable bonds is 7. The van der Waals surface area contributed by atoms with Crippen molar-refractivity contribution < 1.29 is 4.74 Å². The zero-order valence-electron chi connectivity index (χ0n) is 16.1. The summed E-state index contributed by atoms with van der Waals surface area (Å²) in [6, 6.07) is 10.7. The molecule has 2 atom stereocenters. The van der Waals surface area contributed by atoms with Crippen molar-refractivity contribution in [3.8, 4) is 5.75 Å². The summed E-state index contributed by atoms with van der Waals surface area (Å²) in [5.74, 6) is 1.51. The highest BCUT2D eigenvalue weighted by atomic mass is 16.5. The molecular weight excluding hydrogens is 324 g/mol. The van der Waals surface area contributed by atoms with Gasteiger partial charge in [0.15, 0.2) is 0 Å². The van der Waals surface area contributed by atoms with Gasteiger partial charge in [-0.1, -0.05) is 30.4 Å². The Hall–Kier alpha value is -2.11. The molecule has 0 aliphatic carbocycles. The highest BCUT2D eigenvalue weighted by molar-refractivity contribution is 5.57. The third-order valence-corrected chi connectivity index (χ3v) is 5.27. The van der Waals surface area contributed by atoms with Crippen molar-refractivity contribution in [1.29, 1.82) is 0 Å². The van der Waals surface area contributed by atoms with Crippen LogP contribution < -0.4 is 10.1 Å². The van der Waals surface area contributed by atoms with E-state index in [0.29, 0.717) is 12.0 Å². The number of ether oxygens (including phenoxy) is 1. The molecule has 1 aliphatic heterocycles. The van der Waals surface area contributed by atoms with E-state index in [1.165, 1.54) is 18.5 Å². The minimum Gasteiger partial charge on any atom is -0.496 e. The number of hydrogen-bond acceptors (Lipinski definition) is 4. The lowest BCUT2D eigenvalue weighted by Gasteiger charge is -2.39. The Balaban J connectivity index is 1.56. The third kappa shape index (κ3) is 4.34. The van der Waals surface area contributed by atoms with Crippen LogP contribution in [0.2, 0.25) is 0 Å². The first kappa shape index (κ1) is 18.7. The van der Waals surface area contributed by atoms with E-state index >= 15 is 0 Å². The van der Waals surface area contributed by atoms with Crippen LogP contribution in [-0.2, 0) is 7.05 Å². The van der Waals surface area contributed by atoms with Gasteiger partial charge in [-0.25, -0.2) is 0 Å². The van der Waals surface area contributed by atoms with Crippen LogP contribution in [0, 0.1) is 5.92 Å². The fraction of sp³-hybridized carbons (Fsp3) is 0.476. The molecule has 0 radical (unpaired) electrons. The molecule has 1 aromatic heterocycles. The lowest BCUT2D eigenvalue weighted by Crippen LogP contribution is -2.41. The fourth-order valence-corrected chi connectivity index (χ4v) is 3.96. The van der Waals surface area contributed by atoms with Crippen LogP contribution in [0.4, 0.5) is 0 Å². The minimum atomic E-state index is 0.432. The van der Waals surface area contributed by atoms with Crippen molar-refractivity contribution in [1.82, 2.24) is 20.0 Å². The topological polar surface area (TPSA) is 42.3 Å². The number of likely N-dealkylation sites (tertiary alicyclic amines) is 1. The van der Waals surface area contributed by atoms with Gasteiger partial charge in [0.25, 0.3) is 0 Å². The molecular formula is C21H30N4O. The van der Waals surface area contributed by atoms with E-state index in [4.69, 9.17) is 4.74 Å². The average Bonchev–Trinajstić information content (AvgIpc) is 3.07. The van der Waals surface area contributed by atoms with E-state index in [2.05, 4.69) is 46.6 Å². The second-order valence-electron chi connectivity index (χ2n) is 7.01. The molecule has 1 aromatic carbocycles. The first-order valence-electron chi connectivity index (χ1n) is 9.39. The molecule has 0 bridgehead atoms. The van der Waals surface area contributed by atoms with Crippen LogP contribution in [0.25, 0.3) is 6.08 Å². The molecule has 0 unspecified atom stereocenters. The molecule has 2 aromatic rings. The molecule has 3 rings (SSSR count). The third-order valence-electron chi connectivity index (χ3n) is 5.27. The zero-order valence-corrected chi connectivity index (χ0v) is 16.1. The number of aryl methyl sites for hydroxylation is 1. The van der Waals surface area contributed by atoms with Crippen molar-refractivity contribution in [3.63, 3.8) is 0 Å². The second kappa shape index (κ2) is 9.01. The van der Waals surface area contributed by atoms with Crippen LogP contribution in [0.3, 0.4) is 0 Å². The zero-order chi connectivity index (χ0) is 18.4. The molecule has 1 saturated heterocycles. The SMILES string of the molecule is COc1ccccc1/C=C/CNC[C@@H]1CCCN(C)[C@H]1c1ccnn1C. The Labute approximate surface area is 156 Å². The van der Waals surface area contributed by atoms with Gasteiger partial charge >= 0.3 is 0 Å². The molecule has 5 nitrogen and oxygen atoms in total. The van der Waals surface area contributed by atoms with Gasteiger partial charge in [0.05, 0.1) is 18.8 Å². The molecule has 1 aliphatic rings. The summed E-state index contributed by atoms with van der Waals surface area (Å²) in [5, 5.41) is 7.98. The fourth-order valence-electron chi connectivity index (χ4n) is 3.96. The molecule has 0 saturated carbocycles. The molecule has 1 N–H and O–H groups in total. The van der Waals surface area contributed by atoms with Gasteiger partial charge in [0.2, 0.25) is 0 Å². The normalized spacial score (nSPS) is 21.3. The molecule has 26 heavy (non-hydrogen) atoms. The van der Waals surface area contributed by atoms with Gasteiger partial charge in [0, 0.05) is 31.9 Å². The van der Waals surface area contributed by atoms with Crippen LogP contribution in [0.5, 0.6) is 5.75 Å². The maximum Gasteiger partial charge on any atom is 0.126 e. The molecule has 5 heteroatoms. The lowest BCUT2D eigenvalue weighted by atomic mass is 9.87. The maximum atomic E-state index is 5.39. The Morgan fingerprint density at radius 1 is 1.27 bits per heavy atom. The Morgan fingerprint density at radius 3 is 2.88 bits per heavy atom. The number of hydrogen-bond donors (Lipinski definition) is 1.